The van der Waals surface area contributed by atoms with Crippen molar-refractivity contribution < 1.29 is 18.8 Å². The van der Waals surface area contributed by atoms with Crippen LogP contribution in [0.5, 0.6) is 0 Å². The number of carbonyl (C=O) groups is 3. The predicted molar refractivity (Wildman–Crippen MR) is 111 cm³/mol. The number of aromatic nitrogens is 3. The van der Waals surface area contributed by atoms with Crippen molar-refractivity contribution in [2.75, 3.05) is 18.8 Å². The van der Waals surface area contributed by atoms with Crippen LogP contribution in [-0.4, -0.2) is 55.6 Å². The van der Waals surface area contributed by atoms with Crippen LogP contribution in [0.4, 0.5) is 9.18 Å². The molecule has 1 saturated carbocycles. The summed E-state index contributed by atoms with van der Waals surface area (Å²) in [5.41, 5.74) is 0.243. The lowest BCUT2D eigenvalue weighted by atomic mass is 10.2. The molecule has 11 heteroatoms. The first-order valence-electron chi connectivity index (χ1n) is 9.32. The molecule has 0 bridgehead atoms. The van der Waals surface area contributed by atoms with Crippen molar-refractivity contribution in [3.05, 3.63) is 46.9 Å². The Bertz CT molecular complexity index is 1020. The third-order valence-electron chi connectivity index (χ3n) is 4.54. The smallest absolute Gasteiger partial charge is 0.293 e. The Morgan fingerprint density at radius 3 is 2.90 bits per heavy atom. The first-order chi connectivity index (χ1) is 14.5. The van der Waals surface area contributed by atoms with Crippen molar-refractivity contribution in [3.63, 3.8) is 0 Å². The van der Waals surface area contributed by atoms with E-state index in [1.54, 1.807) is 18.5 Å². The molecule has 30 heavy (non-hydrogen) atoms. The molecule has 1 aliphatic carbocycles. The first kappa shape index (κ1) is 20.6. The molecule has 8 nitrogen and oxygen atoms in total. The molecule has 1 saturated heterocycles. The number of halogens is 1. The van der Waals surface area contributed by atoms with Crippen LogP contribution in [0.3, 0.4) is 0 Å². The standard InChI is InChI=1S/C19H18FN5O3S2/c20-14-4-2-1-3-12(14)9-15-17(27)24(19(28)30-15)8-7-21-16(26)10-29-18-23-22-11-25(18)13-5-6-13/h1-4,9,11,13H,5-8,10H2,(H,21,26)/b15-9-. The molecule has 0 spiro atoms. The third-order valence-corrected chi connectivity index (χ3v) is 6.40. The summed E-state index contributed by atoms with van der Waals surface area (Å²) in [4.78, 5) is 37.9. The molecule has 0 atom stereocenters. The van der Waals surface area contributed by atoms with Crippen molar-refractivity contribution in [1.29, 1.82) is 0 Å². The van der Waals surface area contributed by atoms with Gasteiger partial charge in [0, 0.05) is 24.7 Å². The largest absolute Gasteiger partial charge is 0.354 e. The van der Waals surface area contributed by atoms with Gasteiger partial charge in [-0.25, -0.2) is 4.39 Å². The second kappa shape index (κ2) is 9.00. The van der Waals surface area contributed by atoms with Crippen molar-refractivity contribution in [3.8, 4) is 0 Å². The maximum absolute atomic E-state index is 13.8. The van der Waals surface area contributed by atoms with E-state index in [-0.39, 0.29) is 35.2 Å². The fourth-order valence-electron chi connectivity index (χ4n) is 2.85. The fourth-order valence-corrected chi connectivity index (χ4v) is 4.52. The molecule has 0 radical (unpaired) electrons. The molecule has 1 aromatic carbocycles. The Hall–Kier alpha value is -2.66. The maximum atomic E-state index is 13.8. The van der Waals surface area contributed by atoms with Gasteiger partial charge in [-0.05, 0) is 36.7 Å². The minimum atomic E-state index is -0.491. The molecule has 2 fully saturated rings. The molecular weight excluding hydrogens is 429 g/mol. The summed E-state index contributed by atoms with van der Waals surface area (Å²) in [6.07, 6.45) is 5.24. The lowest BCUT2D eigenvalue weighted by Crippen LogP contribution is -2.37. The minimum Gasteiger partial charge on any atom is -0.354 e. The van der Waals surface area contributed by atoms with Crippen molar-refractivity contribution in [2.45, 2.75) is 24.0 Å². The SMILES string of the molecule is O=C(CSc1nncn1C1CC1)NCCN1C(=O)S/C(=C\c2ccccc2F)C1=O. The zero-order valence-corrected chi connectivity index (χ0v) is 17.4. The molecule has 3 amide bonds. The topological polar surface area (TPSA) is 97.2 Å². The van der Waals surface area contributed by atoms with E-state index in [1.807, 2.05) is 4.57 Å². The summed E-state index contributed by atoms with van der Waals surface area (Å²) in [5, 5.41) is 10.9. The van der Waals surface area contributed by atoms with Crippen LogP contribution >= 0.6 is 23.5 Å². The van der Waals surface area contributed by atoms with Crippen LogP contribution in [0.1, 0.15) is 24.4 Å². The monoisotopic (exact) mass is 447 g/mol. The highest BCUT2D eigenvalue weighted by Gasteiger charge is 2.34. The molecule has 1 aromatic heterocycles. The van der Waals surface area contributed by atoms with E-state index < -0.39 is 17.0 Å². The number of hydrogen-bond acceptors (Lipinski definition) is 7. The number of amides is 3. The number of nitrogens with zero attached hydrogens (tertiary/aromatic N) is 4. The fraction of sp³-hybridized carbons (Fsp3) is 0.316. The molecule has 2 heterocycles. The summed E-state index contributed by atoms with van der Waals surface area (Å²) in [6.45, 7) is 0.188. The van der Waals surface area contributed by atoms with Crippen molar-refractivity contribution in [2.24, 2.45) is 0 Å². The van der Waals surface area contributed by atoms with Gasteiger partial charge in [0.2, 0.25) is 5.91 Å². The van der Waals surface area contributed by atoms with Gasteiger partial charge in [-0.3, -0.25) is 19.3 Å². The molecular formula is C19H18FN5O3S2. The van der Waals surface area contributed by atoms with Gasteiger partial charge in [0.25, 0.3) is 11.1 Å². The normalized spacial score (nSPS) is 17.8. The molecule has 1 N–H and O–H groups in total. The van der Waals surface area contributed by atoms with E-state index >= 15 is 0 Å². The Morgan fingerprint density at radius 2 is 2.13 bits per heavy atom. The zero-order chi connectivity index (χ0) is 21.1. The Labute approximate surface area is 180 Å². The van der Waals surface area contributed by atoms with Gasteiger partial charge in [0.05, 0.1) is 10.7 Å². The van der Waals surface area contributed by atoms with E-state index in [0.717, 1.165) is 29.5 Å². The van der Waals surface area contributed by atoms with Gasteiger partial charge in [-0.1, -0.05) is 30.0 Å². The number of thioether (sulfide) groups is 2. The highest BCUT2D eigenvalue weighted by atomic mass is 32.2. The highest BCUT2D eigenvalue weighted by Crippen LogP contribution is 2.37. The van der Waals surface area contributed by atoms with Gasteiger partial charge < -0.3 is 9.88 Å². The summed E-state index contributed by atoms with van der Waals surface area (Å²) < 4.78 is 15.8. The van der Waals surface area contributed by atoms with Crippen LogP contribution in [0.25, 0.3) is 6.08 Å². The number of rotatable bonds is 8. The summed E-state index contributed by atoms with van der Waals surface area (Å²) in [6, 6.07) is 6.46. The lowest BCUT2D eigenvalue weighted by Gasteiger charge is -2.13. The highest BCUT2D eigenvalue weighted by molar-refractivity contribution is 8.18. The van der Waals surface area contributed by atoms with Crippen LogP contribution in [0.15, 0.2) is 40.7 Å². The average molecular weight is 448 g/mol. The number of carbonyl (C=O) groups excluding carboxylic acids is 3. The molecule has 2 aromatic rings. The number of nitrogens with one attached hydrogen (secondary N) is 1. The molecule has 2 aliphatic rings. The van der Waals surface area contributed by atoms with Gasteiger partial charge in [-0.15, -0.1) is 10.2 Å². The van der Waals surface area contributed by atoms with E-state index in [1.165, 1.54) is 30.0 Å². The van der Waals surface area contributed by atoms with E-state index in [0.29, 0.717) is 11.2 Å². The predicted octanol–water partition coefficient (Wildman–Crippen LogP) is 2.70. The van der Waals surface area contributed by atoms with Crippen LogP contribution in [-0.2, 0) is 9.59 Å². The molecule has 1 aliphatic heterocycles. The molecule has 4 rings (SSSR count). The van der Waals surface area contributed by atoms with Crippen LogP contribution < -0.4 is 5.32 Å². The quantitative estimate of drug-likeness (QED) is 0.491. The lowest BCUT2D eigenvalue weighted by molar-refractivity contribution is -0.123. The van der Waals surface area contributed by atoms with E-state index in [2.05, 4.69) is 15.5 Å². The second-order valence-corrected chi connectivity index (χ2v) is 8.68. The van der Waals surface area contributed by atoms with Crippen LogP contribution in [0.2, 0.25) is 0 Å². The molecule has 156 valence electrons. The summed E-state index contributed by atoms with van der Waals surface area (Å²) in [5.74, 6) is -1.01. The van der Waals surface area contributed by atoms with Gasteiger partial charge in [0.15, 0.2) is 5.16 Å². The number of imide groups is 1. The average Bonchev–Trinajstić information content (AvgIpc) is 3.41. The van der Waals surface area contributed by atoms with Gasteiger partial charge in [0.1, 0.15) is 12.1 Å². The Balaban J connectivity index is 1.26. The Kier molecular flexibility index (Phi) is 6.18. The maximum Gasteiger partial charge on any atom is 0.293 e. The van der Waals surface area contributed by atoms with Crippen molar-refractivity contribution in [1.82, 2.24) is 25.0 Å². The molecule has 0 unspecified atom stereocenters. The third kappa shape index (κ3) is 4.73. The van der Waals surface area contributed by atoms with Crippen LogP contribution in [0, 0.1) is 5.82 Å². The number of hydrogen-bond donors (Lipinski definition) is 1. The Morgan fingerprint density at radius 1 is 1.33 bits per heavy atom. The first-order valence-corrected chi connectivity index (χ1v) is 11.1. The van der Waals surface area contributed by atoms with Gasteiger partial charge in [-0.2, -0.15) is 0 Å². The minimum absolute atomic E-state index is 0.0495. The van der Waals surface area contributed by atoms with E-state index in [9.17, 15) is 18.8 Å². The van der Waals surface area contributed by atoms with E-state index in [4.69, 9.17) is 0 Å². The summed E-state index contributed by atoms with van der Waals surface area (Å²) >= 11 is 2.06. The van der Waals surface area contributed by atoms with Gasteiger partial charge >= 0.3 is 0 Å². The number of benzene rings is 1. The van der Waals surface area contributed by atoms with Crippen molar-refractivity contribution >= 4 is 46.7 Å². The zero-order valence-electron chi connectivity index (χ0n) is 15.8. The second-order valence-electron chi connectivity index (χ2n) is 6.75. The summed E-state index contributed by atoms with van der Waals surface area (Å²) in [7, 11) is 0.